The Morgan fingerprint density at radius 1 is 1.15 bits per heavy atom. The number of allylic oxidation sites excluding steroid dienone is 4. The van der Waals surface area contributed by atoms with E-state index in [-0.39, 0.29) is 11.5 Å². The number of nitrogens with zero attached hydrogens (tertiary/aromatic N) is 3. The van der Waals surface area contributed by atoms with E-state index in [0.717, 1.165) is 30.2 Å². The molecule has 3 aromatic rings. The Morgan fingerprint density at radius 3 is 2.79 bits per heavy atom. The van der Waals surface area contributed by atoms with Gasteiger partial charge < -0.3 is 15.2 Å². The van der Waals surface area contributed by atoms with Gasteiger partial charge in [0.1, 0.15) is 0 Å². The molecule has 0 spiro atoms. The van der Waals surface area contributed by atoms with Crippen molar-refractivity contribution in [3.63, 3.8) is 0 Å². The molecular weight excluding hydrogens is 432 g/mol. The van der Waals surface area contributed by atoms with Crippen molar-refractivity contribution in [3.05, 3.63) is 63.6 Å². The van der Waals surface area contributed by atoms with E-state index in [2.05, 4.69) is 50.9 Å². The molecule has 2 aromatic heterocycles. The van der Waals surface area contributed by atoms with Gasteiger partial charge in [-0.3, -0.25) is 9.59 Å². The molecule has 0 radical (unpaired) electrons. The topological polar surface area (TPSA) is 126 Å². The minimum atomic E-state index is -0.210. The predicted octanol–water partition coefficient (Wildman–Crippen LogP) is 3.76. The number of aromatic nitrogens is 4. The van der Waals surface area contributed by atoms with Crippen molar-refractivity contribution in [3.8, 4) is 0 Å². The second-order valence-electron chi connectivity index (χ2n) is 8.52. The Hall–Kier alpha value is -3.75. The van der Waals surface area contributed by atoms with Crippen molar-refractivity contribution in [1.29, 1.82) is 0 Å². The second-order valence-corrected chi connectivity index (χ2v) is 8.52. The summed E-state index contributed by atoms with van der Waals surface area (Å²) in [5.41, 5.74) is 3.34. The number of benzene rings is 1. The van der Waals surface area contributed by atoms with Crippen LogP contribution in [0.5, 0.6) is 0 Å². The molecule has 0 saturated carbocycles. The van der Waals surface area contributed by atoms with Crippen molar-refractivity contribution in [1.82, 2.24) is 25.7 Å². The Morgan fingerprint density at radius 2 is 1.97 bits per heavy atom. The largest absolute Gasteiger partial charge is 0.368 e. The van der Waals surface area contributed by atoms with Crippen LogP contribution in [-0.4, -0.2) is 39.3 Å². The van der Waals surface area contributed by atoms with Crippen LogP contribution in [0.15, 0.2) is 50.8 Å². The lowest BCUT2D eigenvalue weighted by Gasteiger charge is -2.14. The first-order chi connectivity index (χ1) is 16.5. The zero-order valence-electron chi connectivity index (χ0n) is 19.6. The van der Waals surface area contributed by atoms with Crippen molar-refractivity contribution >= 4 is 28.1 Å². The molecule has 1 amide bonds. The summed E-state index contributed by atoms with van der Waals surface area (Å²) in [6.45, 7) is 5.36. The van der Waals surface area contributed by atoms with Crippen LogP contribution in [0.3, 0.4) is 0 Å². The number of anilines is 1. The summed E-state index contributed by atoms with van der Waals surface area (Å²) in [6.07, 6.45) is 6.63. The number of rotatable bonds is 10. The van der Waals surface area contributed by atoms with Crippen LogP contribution < -0.4 is 16.2 Å². The number of aryl methyl sites for hydroxylation is 1. The van der Waals surface area contributed by atoms with Gasteiger partial charge >= 0.3 is 0 Å². The Kier molecular flexibility index (Phi) is 7.51. The van der Waals surface area contributed by atoms with E-state index in [1.54, 1.807) is 6.07 Å². The van der Waals surface area contributed by atoms with Gasteiger partial charge in [0, 0.05) is 36.9 Å². The van der Waals surface area contributed by atoms with Gasteiger partial charge in [0.25, 0.3) is 5.56 Å². The van der Waals surface area contributed by atoms with Crippen LogP contribution >= 0.6 is 0 Å². The van der Waals surface area contributed by atoms with Crippen molar-refractivity contribution < 1.29 is 9.32 Å². The Labute approximate surface area is 197 Å². The van der Waals surface area contributed by atoms with Gasteiger partial charge in [0.2, 0.25) is 17.6 Å². The molecule has 2 heterocycles. The molecular formula is C25H30N6O3. The fourth-order valence-electron chi connectivity index (χ4n) is 4.16. The third-order valence-corrected chi connectivity index (χ3v) is 5.94. The molecule has 0 fully saturated rings. The number of carbonyl (C=O) groups excluding carboxylic acids is 1. The maximum atomic E-state index is 12.2. The van der Waals surface area contributed by atoms with E-state index in [4.69, 9.17) is 4.52 Å². The highest BCUT2D eigenvalue weighted by Crippen LogP contribution is 2.31. The van der Waals surface area contributed by atoms with E-state index in [9.17, 15) is 9.59 Å². The monoisotopic (exact) mass is 462 g/mol. The van der Waals surface area contributed by atoms with Crippen molar-refractivity contribution in [2.24, 2.45) is 0 Å². The highest BCUT2D eigenvalue weighted by Gasteiger charge is 2.18. The molecule has 3 N–H and O–H groups in total. The van der Waals surface area contributed by atoms with Gasteiger partial charge in [-0.25, -0.2) is 5.10 Å². The third kappa shape index (κ3) is 5.59. The quantitative estimate of drug-likeness (QED) is 0.392. The molecule has 1 aliphatic carbocycles. The van der Waals surface area contributed by atoms with Gasteiger partial charge in [-0.1, -0.05) is 35.0 Å². The number of fused-ring (bicyclic) bond motifs is 1. The van der Waals surface area contributed by atoms with Crippen LogP contribution in [0.4, 0.5) is 5.82 Å². The van der Waals surface area contributed by atoms with Gasteiger partial charge in [-0.15, -0.1) is 0 Å². The number of hydrogen-bond donors (Lipinski definition) is 3. The first-order valence-electron chi connectivity index (χ1n) is 11.7. The lowest BCUT2D eigenvalue weighted by molar-refractivity contribution is -0.121. The van der Waals surface area contributed by atoms with Gasteiger partial charge in [-0.2, -0.15) is 10.1 Å². The summed E-state index contributed by atoms with van der Waals surface area (Å²) >= 11 is 0. The summed E-state index contributed by atoms with van der Waals surface area (Å²) in [4.78, 5) is 28.5. The van der Waals surface area contributed by atoms with E-state index in [0.29, 0.717) is 55.3 Å². The molecule has 178 valence electrons. The zero-order chi connectivity index (χ0) is 23.9. The lowest BCUT2D eigenvalue weighted by atomic mass is 9.92. The highest BCUT2D eigenvalue weighted by atomic mass is 16.5. The molecule has 0 saturated heterocycles. The normalized spacial score (nSPS) is 13.8. The summed E-state index contributed by atoms with van der Waals surface area (Å²) in [6, 6.07) is 7.32. The average Bonchev–Trinajstić information content (AvgIpc) is 3.28. The lowest BCUT2D eigenvalue weighted by Crippen LogP contribution is -2.25. The summed E-state index contributed by atoms with van der Waals surface area (Å²) in [5, 5.41) is 18.3. The molecule has 1 aliphatic rings. The Balaban J connectivity index is 1.16. The fraction of sp³-hybridized carbons (Fsp3) is 0.400. The van der Waals surface area contributed by atoms with Crippen LogP contribution in [0, 0.1) is 0 Å². The molecule has 0 unspecified atom stereocenters. The number of aromatic amines is 1. The molecule has 0 atom stereocenters. The van der Waals surface area contributed by atoms with Crippen molar-refractivity contribution in [2.75, 3.05) is 18.4 Å². The minimum absolute atomic E-state index is 0.00281. The SMILES string of the molecule is CC1=CCCC(C)=C1c1noc(CCCC(=O)NCCCNc2n[nH]c(=O)c3ccccc23)n1. The maximum absolute atomic E-state index is 12.2. The molecule has 4 rings (SSSR count). The van der Waals surface area contributed by atoms with Gasteiger partial charge in [0.05, 0.1) is 5.39 Å². The molecule has 9 nitrogen and oxygen atoms in total. The van der Waals surface area contributed by atoms with Crippen LogP contribution in [0.2, 0.25) is 0 Å². The first-order valence-corrected chi connectivity index (χ1v) is 11.7. The number of amides is 1. The average molecular weight is 463 g/mol. The van der Waals surface area contributed by atoms with Crippen LogP contribution in [0.1, 0.15) is 57.7 Å². The zero-order valence-corrected chi connectivity index (χ0v) is 19.6. The van der Waals surface area contributed by atoms with E-state index in [1.807, 2.05) is 18.2 Å². The Bertz CT molecular complexity index is 1290. The van der Waals surface area contributed by atoms with Crippen LogP contribution in [0.25, 0.3) is 16.3 Å². The van der Waals surface area contributed by atoms with Crippen LogP contribution in [-0.2, 0) is 11.2 Å². The molecule has 1 aromatic carbocycles. The standard InChI is InChI=1S/C25H30N6O3/c1-16-8-5-9-17(2)22(16)24-28-21(34-31-24)13-6-12-20(32)26-14-7-15-27-23-18-10-3-4-11-19(18)25(33)30-29-23/h3-4,8,10-11H,5-7,9,12-15H2,1-2H3,(H,26,32)(H,27,29)(H,30,33). The molecule has 0 aliphatic heterocycles. The summed E-state index contributed by atoms with van der Waals surface area (Å²) < 4.78 is 5.40. The molecule has 0 bridgehead atoms. The van der Waals surface area contributed by atoms with Gasteiger partial charge in [-0.05, 0) is 51.2 Å². The number of H-pyrrole nitrogens is 1. The second kappa shape index (κ2) is 10.9. The predicted molar refractivity (Wildman–Crippen MR) is 131 cm³/mol. The van der Waals surface area contributed by atoms with E-state index in [1.165, 1.54) is 11.1 Å². The molecule has 9 heteroatoms. The minimum Gasteiger partial charge on any atom is -0.368 e. The maximum Gasteiger partial charge on any atom is 0.272 e. The number of hydrogen-bond acceptors (Lipinski definition) is 7. The number of nitrogens with one attached hydrogen (secondary N) is 3. The van der Waals surface area contributed by atoms with E-state index < -0.39 is 0 Å². The third-order valence-electron chi connectivity index (χ3n) is 5.94. The van der Waals surface area contributed by atoms with Gasteiger partial charge in [0.15, 0.2) is 5.82 Å². The summed E-state index contributed by atoms with van der Waals surface area (Å²) in [5.74, 6) is 1.83. The molecule has 34 heavy (non-hydrogen) atoms. The first kappa shape index (κ1) is 23.4. The smallest absolute Gasteiger partial charge is 0.272 e. The highest BCUT2D eigenvalue weighted by molar-refractivity contribution is 5.90. The summed E-state index contributed by atoms with van der Waals surface area (Å²) in [7, 11) is 0. The number of carbonyl (C=O) groups is 1. The fourth-order valence-corrected chi connectivity index (χ4v) is 4.16. The van der Waals surface area contributed by atoms with Crippen molar-refractivity contribution in [2.45, 2.75) is 52.4 Å². The van der Waals surface area contributed by atoms with E-state index >= 15 is 0 Å².